The molecule has 0 unspecified atom stereocenters. The molecular weight excluding hydrogens is 523 g/mol. The summed E-state index contributed by atoms with van der Waals surface area (Å²) in [5.41, 5.74) is 17.1. The van der Waals surface area contributed by atoms with Gasteiger partial charge in [-0.25, -0.2) is 0 Å². The van der Waals surface area contributed by atoms with Gasteiger partial charge in [-0.15, -0.1) is 0 Å². The summed E-state index contributed by atoms with van der Waals surface area (Å²) in [5, 5.41) is 1.37. The molecule has 3 aliphatic heterocycles. The number of ether oxygens (including phenoxy) is 1. The van der Waals surface area contributed by atoms with E-state index in [9.17, 15) is 0 Å². The Morgan fingerprint density at radius 2 is 1.47 bits per heavy atom. The van der Waals surface area contributed by atoms with Crippen LogP contribution in [0.1, 0.15) is 51.3 Å². The molecule has 0 saturated carbocycles. The van der Waals surface area contributed by atoms with Crippen LogP contribution in [0.5, 0.6) is 11.5 Å². The molecule has 10 rings (SSSR count). The van der Waals surface area contributed by atoms with E-state index in [1.807, 2.05) is 0 Å². The highest BCUT2D eigenvalue weighted by Crippen LogP contribution is 2.57. The fourth-order valence-corrected chi connectivity index (χ4v) is 8.60. The van der Waals surface area contributed by atoms with Crippen LogP contribution in [0.25, 0.3) is 33.3 Å². The van der Waals surface area contributed by atoms with E-state index in [-0.39, 0.29) is 17.7 Å². The molecule has 0 fully saturated rings. The molecule has 0 atom stereocenters. The van der Waals surface area contributed by atoms with E-state index in [0.717, 1.165) is 22.9 Å². The first-order chi connectivity index (χ1) is 20.7. The third kappa shape index (κ3) is 2.70. The van der Waals surface area contributed by atoms with Crippen LogP contribution in [0, 0.1) is 0 Å². The van der Waals surface area contributed by atoms with Crippen molar-refractivity contribution >= 4 is 45.7 Å². The average Bonchev–Trinajstić information content (AvgIpc) is 3.47. The summed E-state index contributed by atoms with van der Waals surface area (Å²) in [6, 6.07) is 36.1. The van der Waals surface area contributed by atoms with Crippen LogP contribution in [0.3, 0.4) is 0 Å². The second-order valence-electron chi connectivity index (χ2n) is 14.2. The highest BCUT2D eigenvalue weighted by molar-refractivity contribution is 6.90. The van der Waals surface area contributed by atoms with Gasteiger partial charge in [0.25, 0.3) is 0 Å². The molecule has 1 aliphatic carbocycles. The number of benzene rings is 5. The molecule has 0 N–H and O–H groups in total. The Bertz CT molecular complexity index is 2250. The van der Waals surface area contributed by atoms with Crippen molar-refractivity contribution in [3.63, 3.8) is 0 Å². The van der Waals surface area contributed by atoms with E-state index < -0.39 is 0 Å². The van der Waals surface area contributed by atoms with Gasteiger partial charge in [0.1, 0.15) is 0 Å². The number of nitrogens with zero attached hydrogens (tertiary/aromatic N) is 2. The van der Waals surface area contributed by atoms with Crippen molar-refractivity contribution in [3.8, 4) is 33.9 Å². The van der Waals surface area contributed by atoms with Crippen LogP contribution in [-0.4, -0.2) is 11.3 Å². The van der Waals surface area contributed by atoms with Crippen molar-refractivity contribution in [2.24, 2.45) is 0 Å². The van der Waals surface area contributed by atoms with Crippen LogP contribution in [0.15, 0.2) is 97.1 Å². The maximum atomic E-state index is 6.63. The minimum atomic E-state index is -0.0944. The number of para-hydroxylation sites is 4. The minimum Gasteiger partial charge on any atom is -0.453 e. The fraction of sp³-hybridized carbons (Fsp3) is 0.179. The predicted molar refractivity (Wildman–Crippen MR) is 179 cm³/mol. The van der Waals surface area contributed by atoms with Crippen molar-refractivity contribution in [3.05, 3.63) is 114 Å². The monoisotopic (exact) mass is 554 g/mol. The van der Waals surface area contributed by atoms with Crippen molar-refractivity contribution in [1.29, 1.82) is 0 Å². The minimum absolute atomic E-state index is 0.0113. The van der Waals surface area contributed by atoms with Crippen LogP contribution >= 0.6 is 0 Å². The first kappa shape index (κ1) is 23.8. The lowest BCUT2D eigenvalue weighted by Gasteiger charge is -2.44. The van der Waals surface area contributed by atoms with Gasteiger partial charge in [-0.2, -0.15) is 0 Å². The second kappa shape index (κ2) is 7.44. The predicted octanol–water partition coefficient (Wildman–Crippen LogP) is 8.77. The van der Waals surface area contributed by atoms with Crippen molar-refractivity contribution in [1.82, 2.24) is 4.48 Å². The highest BCUT2D eigenvalue weighted by atomic mass is 16.5. The Labute approximate surface area is 252 Å². The maximum absolute atomic E-state index is 6.63. The summed E-state index contributed by atoms with van der Waals surface area (Å²) >= 11 is 0. The summed E-state index contributed by atoms with van der Waals surface area (Å²) in [4.78, 5) is 2.49. The average molecular weight is 555 g/mol. The zero-order chi connectivity index (χ0) is 29.0. The Morgan fingerprint density at radius 1 is 0.721 bits per heavy atom. The Kier molecular flexibility index (Phi) is 4.12. The standard InChI is InChI=1S/C39H31BN2O/c1-38(2,3)22-20-26-23-13-10-14-25-33-36(24-12-6-7-15-27(24)39(33,4)5)42(35(23)25)40-28-16-11-19-32-37(28)41(30(21-22)34(26)40)29-17-8-9-18-31(29)43-32/h6-21H,1-5H3. The molecule has 43 heavy (non-hydrogen) atoms. The largest absolute Gasteiger partial charge is 0.453 e. The second-order valence-corrected chi connectivity index (χ2v) is 14.2. The number of anilines is 3. The topological polar surface area (TPSA) is 17.4 Å². The molecule has 3 nitrogen and oxygen atoms in total. The smallest absolute Gasteiger partial charge is 0.333 e. The van der Waals surface area contributed by atoms with E-state index in [1.165, 1.54) is 66.6 Å². The third-order valence-electron chi connectivity index (χ3n) is 10.5. The van der Waals surface area contributed by atoms with Gasteiger partial charge in [0.15, 0.2) is 11.5 Å². The van der Waals surface area contributed by atoms with Crippen molar-refractivity contribution in [2.45, 2.75) is 45.4 Å². The summed E-state index contributed by atoms with van der Waals surface area (Å²) in [6.45, 7) is 11.8. The highest BCUT2D eigenvalue weighted by Gasteiger charge is 2.49. The molecule has 4 heteroatoms. The van der Waals surface area contributed by atoms with Crippen molar-refractivity contribution in [2.75, 3.05) is 4.90 Å². The summed E-state index contributed by atoms with van der Waals surface area (Å²) < 4.78 is 9.33. The van der Waals surface area contributed by atoms with Gasteiger partial charge in [-0.3, -0.25) is 0 Å². The molecule has 4 heterocycles. The van der Waals surface area contributed by atoms with E-state index >= 15 is 0 Å². The summed E-state index contributed by atoms with van der Waals surface area (Å²) in [7, 11) is 0. The number of aromatic nitrogens is 1. The van der Waals surface area contributed by atoms with Crippen LogP contribution in [0.2, 0.25) is 0 Å². The van der Waals surface area contributed by atoms with Crippen LogP contribution in [0.4, 0.5) is 17.1 Å². The number of fused-ring (bicyclic) bond motifs is 11. The quantitative estimate of drug-likeness (QED) is 0.174. The number of hydrogen-bond acceptors (Lipinski definition) is 2. The lowest BCUT2D eigenvalue weighted by atomic mass is 9.44. The molecule has 6 aromatic rings. The molecule has 0 radical (unpaired) electrons. The summed E-state index contributed by atoms with van der Waals surface area (Å²) in [6.07, 6.45) is 0. The molecule has 0 spiro atoms. The molecule has 0 amide bonds. The molecule has 0 bridgehead atoms. The van der Waals surface area contributed by atoms with Crippen LogP contribution < -0.4 is 20.6 Å². The molecule has 4 aliphatic rings. The molecule has 206 valence electrons. The normalized spacial score (nSPS) is 15.8. The van der Waals surface area contributed by atoms with Crippen molar-refractivity contribution < 1.29 is 4.74 Å². The Balaban J connectivity index is 1.42. The van der Waals surface area contributed by atoms with E-state index in [2.05, 4.69) is 141 Å². The Hall–Kier alpha value is -4.70. The molecule has 1 aromatic heterocycles. The first-order valence-electron chi connectivity index (χ1n) is 15.4. The third-order valence-corrected chi connectivity index (χ3v) is 10.5. The van der Waals surface area contributed by atoms with E-state index in [4.69, 9.17) is 4.74 Å². The van der Waals surface area contributed by atoms with E-state index in [0.29, 0.717) is 0 Å². The SMILES string of the molecule is CC(C)(C)c1cc2c3c(c1)N1c4ccccc4Oc4cccc(c41)B3n1c3c(c4cccc-2c41)C(C)(C)c1ccccc1-3. The van der Waals surface area contributed by atoms with Gasteiger partial charge in [0.05, 0.1) is 11.4 Å². The van der Waals surface area contributed by atoms with Gasteiger partial charge in [0, 0.05) is 38.8 Å². The van der Waals surface area contributed by atoms with Gasteiger partial charge in [-0.1, -0.05) is 107 Å². The zero-order valence-corrected chi connectivity index (χ0v) is 25.1. The maximum Gasteiger partial charge on any atom is 0.333 e. The van der Waals surface area contributed by atoms with E-state index in [1.54, 1.807) is 0 Å². The first-order valence-corrected chi connectivity index (χ1v) is 15.4. The fourth-order valence-electron chi connectivity index (χ4n) is 8.60. The summed E-state index contributed by atoms with van der Waals surface area (Å²) in [5.74, 6) is 1.82. The van der Waals surface area contributed by atoms with Gasteiger partial charge < -0.3 is 14.1 Å². The van der Waals surface area contributed by atoms with Gasteiger partial charge in [0.2, 0.25) is 0 Å². The Morgan fingerprint density at radius 3 is 2.33 bits per heavy atom. The lowest BCUT2D eigenvalue weighted by molar-refractivity contribution is 0.477. The lowest BCUT2D eigenvalue weighted by Crippen LogP contribution is -2.57. The van der Waals surface area contributed by atoms with Gasteiger partial charge >= 0.3 is 6.85 Å². The molecule has 0 saturated heterocycles. The van der Waals surface area contributed by atoms with Crippen LogP contribution in [-0.2, 0) is 10.8 Å². The molecule has 5 aromatic carbocycles. The number of rotatable bonds is 0. The zero-order valence-electron chi connectivity index (χ0n) is 25.1. The van der Waals surface area contributed by atoms with Gasteiger partial charge in [-0.05, 0) is 62.9 Å². The molecular formula is C39H31BN2O. The number of hydrogen-bond donors (Lipinski definition) is 0.